The molecule has 2 heterocycles. The maximum absolute atomic E-state index is 12.5. The smallest absolute Gasteiger partial charge is 0.261 e. The van der Waals surface area contributed by atoms with Crippen LogP contribution in [0, 0.1) is 0 Å². The molecular weight excluding hydrogens is 302 g/mol. The van der Waals surface area contributed by atoms with E-state index in [4.69, 9.17) is 0 Å². The van der Waals surface area contributed by atoms with E-state index in [1.54, 1.807) is 24.3 Å². The second-order valence-corrected chi connectivity index (χ2v) is 6.10. The van der Waals surface area contributed by atoms with Crippen LogP contribution in [0.3, 0.4) is 0 Å². The first-order valence-electron chi connectivity index (χ1n) is 8.24. The Morgan fingerprint density at radius 3 is 2.29 bits per heavy atom. The molecule has 5 nitrogen and oxygen atoms in total. The molecule has 0 bridgehead atoms. The molecule has 2 amide bonds. The Morgan fingerprint density at radius 2 is 1.54 bits per heavy atom. The summed E-state index contributed by atoms with van der Waals surface area (Å²) in [7, 11) is 0. The molecule has 0 saturated carbocycles. The first kappa shape index (κ1) is 14.9. The van der Waals surface area contributed by atoms with E-state index >= 15 is 0 Å². The zero-order valence-corrected chi connectivity index (χ0v) is 13.4. The van der Waals surface area contributed by atoms with Crippen molar-refractivity contribution in [1.29, 1.82) is 0 Å². The Bertz CT molecular complexity index is 768. The number of anilines is 1. The van der Waals surface area contributed by atoms with E-state index in [2.05, 4.69) is 22.3 Å². The molecule has 0 aromatic heterocycles. The van der Waals surface area contributed by atoms with E-state index in [-0.39, 0.29) is 11.8 Å². The van der Waals surface area contributed by atoms with E-state index in [1.165, 1.54) is 16.2 Å². The quantitative estimate of drug-likeness (QED) is 0.877. The van der Waals surface area contributed by atoms with Crippen LogP contribution in [0.15, 0.2) is 48.5 Å². The summed E-state index contributed by atoms with van der Waals surface area (Å²) >= 11 is 0. The number of rotatable bonds is 3. The second-order valence-electron chi connectivity index (χ2n) is 6.10. The summed E-state index contributed by atoms with van der Waals surface area (Å²) in [6, 6.07) is 15.3. The first-order chi connectivity index (χ1) is 11.8. The molecule has 0 fully saturated rings. The van der Waals surface area contributed by atoms with Gasteiger partial charge in [-0.15, -0.1) is 0 Å². The molecule has 2 aliphatic heterocycles. The normalized spacial score (nSPS) is 16.8. The minimum absolute atomic E-state index is 0.183. The summed E-state index contributed by atoms with van der Waals surface area (Å²) in [5.41, 5.74) is 3.46. The highest BCUT2D eigenvalue weighted by Crippen LogP contribution is 2.24. The lowest BCUT2D eigenvalue weighted by Gasteiger charge is -2.26. The molecule has 24 heavy (non-hydrogen) atoms. The van der Waals surface area contributed by atoms with Crippen molar-refractivity contribution in [3.05, 3.63) is 65.2 Å². The van der Waals surface area contributed by atoms with Crippen molar-refractivity contribution in [2.75, 3.05) is 31.1 Å². The van der Waals surface area contributed by atoms with Gasteiger partial charge < -0.3 is 10.2 Å². The Balaban J connectivity index is 1.52. The van der Waals surface area contributed by atoms with E-state index in [1.807, 2.05) is 12.1 Å². The number of hydrogen-bond acceptors (Lipinski definition) is 4. The van der Waals surface area contributed by atoms with Gasteiger partial charge in [0.2, 0.25) is 0 Å². The van der Waals surface area contributed by atoms with Crippen molar-refractivity contribution in [2.45, 2.75) is 6.54 Å². The highest BCUT2D eigenvalue weighted by molar-refractivity contribution is 6.21. The fourth-order valence-electron chi connectivity index (χ4n) is 3.42. The summed E-state index contributed by atoms with van der Waals surface area (Å²) < 4.78 is 0. The zero-order chi connectivity index (χ0) is 16.5. The molecule has 1 N–H and O–H groups in total. The average molecular weight is 321 g/mol. The van der Waals surface area contributed by atoms with Gasteiger partial charge in [-0.25, -0.2) is 0 Å². The number of fused-ring (bicyclic) bond motifs is 2. The van der Waals surface area contributed by atoms with Crippen LogP contribution in [0.1, 0.15) is 26.3 Å². The molecular formula is C19H19N3O2. The van der Waals surface area contributed by atoms with Gasteiger partial charge in [-0.3, -0.25) is 14.5 Å². The molecule has 2 aromatic carbocycles. The largest absolute Gasteiger partial charge is 0.368 e. The van der Waals surface area contributed by atoms with Crippen LogP contribution >= 0.6 is 0 Å². The Hall–Kier alpha value is -2.66. The minimum atomic E-state index is -0.183. The molecule has 0 spiro atoms. The lowest BCUT2D eigenvalue weighted by molar-refractivity contribution is 0.0658. The third-order valence-corrected chi connectivity index (χ3v) is 4.68. The third kappa shape index (κ3) is 2.47. The predicted molar refractivity (Wildman–Crippen MR) is 92.2 cm³/mol. The number of benzene rings is 2. The molecule has 2 aliphatic rings. The second kappa shape index (κ2) is 6.09. The fourth-order valence-corrected chi connectivity index (χ4v) is 3.42. The van der Waals surface area contributed by atoms with Crippen molar-refractivity contribution in [1.82, 2.24) is 10.2 Å². The molecule has 5 heteroatoms. The highest BCUT2D eigenvalue weighted by Gasteiger charge is 2.35. The lowest BCUT2D eigenvalue weighted by Crippen LogP contribution is -2.39. The van der Waals surface area contributed by atoms with Gasteiger partial charge >= 0.3 is 0 Å². The van der Waals surface area contributed by atoms with E-state index in [0.717, 1.165) is 19.6 Å². The molecule has 122 valence electrons. The van der Waals surface area contributed by atoms with Gasteiger partial charge in [0, 0.05) is 38.4 Å². The lowest BCUT2D eigenvalue weighted by atomic mass is 10.1. The van der Waals surface area contributed by atoms with Crippen LogP contribution in [0.25, 0.3) is 0 Å². The summed E-state index contributed by atoms with van der Waals surface area (Å²) in [6.07, 6.45) is 0. The van der Waals surface area contributed by atoms with E-state index < -0.39 is 0 Å². The van der Waals surface area contributed by atoms with Gasteiger partial charge in [-0.05, 0) is 23.8 Å². The van der Waals surface area contributed by atoms with Crippen molar-refractivity contribution in [2.24, 2.45) is 0 Å². The number of imide groups is 1. The van der Waals surface area contributed by atoms with E-state index in [9.17, 15) is 9.59 Å². The standard InChI is InChI=1S/C19H19N3O2/c23-18-15-6-2-3-7-16(15)19(24)22(18)12-11-21-10-9-20-13-14-5-1-4-8-17(14)21/h1-8,20H,9-13H2. The zero-order valence-electron chi connectivity index (χ0n) is 13.4. The Kier molecular flexibility index (Phi) is 3.78. The number of para-hydroxylation sites is 1. The van der Waals surface area contributed by atoms with Gasteiger partial charge in [-0.1, -0.05) is 30.3 Å². The maximum Gasteiger partial charge on any atom is 0.261 e. The summed E-state index contributed by atoms with van der Waals surface area (Å²) in [5.74, 6) is -0.367. The monoisotopic (exact) mass is 321 g/mol. The Labute approximate surface area is 140 Å². The van der Waals surface area contributed by atoms with E-state index in [0.29, 0.717) is 24.2 Å². The average Bonchev–Trinajstić information content (AvgIpc) is 2.77. The molecule has 0 aliphatic carbocycles. The molecule has 4 rings (SSSR count). The van der Waals surface area contributed by atoms with Crippen LogP contribution in [-0.2, 0) is 6.54 Å². The van der Waals surface area contributed by atoms with Crippen LogP contribution in [-0.4, -0.2) is 42.9 Å². The number of carbonyl (C=O) groups excluding carboxylic acids is 2. The van der Waals surface area contributed by atoms with Crippen LogP contribution < -0.4 is 10.2 Å². The van der Waals surface area contributed by atoms with Crippen molar-refractivity contribution < 1.29 is 9.59 Å². The van der Waals surface area contributed by atoms with Crippen molar-refractivity contribution in [3.63, 3.8) is 0 Å². The van der Waals surface area contributed by atoms with Gasteiger partial charge in [0.05, 0.1) is 11.1 Å². The number of nitrogens with zero attached hydrogens (tertiary/aromatic N) is 2. The number of hydrogen-bond donors (Lipinski definition) is 1. The van der Waals surface area contributed by atoms with Crippen LogP contribution in [0.2, 0.25) is 0 Å². The van der Waals surface area contributed by atoms with Crippen molar-refractivity contribution >= 4 is 17.5 Å². The highest BCUT2D eigenvalue weighted by atomic mass is 16.2. The number of carbonyl (C=O) groups is 2. The number of nitrogens with one attached hydrogen (secondary N) is 1. The first-order valence-corrected chi connectivity index (χ1v) is 8.24. The predicted octanol–water partition coefficient (Wildman–Crippen LogP) is 1.89. The van der Waals surface area contributed by atoms with Gasteiger partial charge in [0.1, 0.15) is 0 Å². The minimum Gasteiger partial charge on any atom is -0.368 e. The van der Waals surface area contributed by atoms with Crippen LogP contribution in [0.5, 0.6) is 0 Å². The topological polar surface area (TPSA) is 52.7 Å². The molecule has 0 saturated heterocycles. The van der Waals surface area contributed by atoms with Gasteiger partial charge in [0.25, 0.3) is 11.8 Å². The summed E-state index contributed by atoms with van der Waals surface area (Å²) in [6.45, 7) is 3.64. The van der Waals surface area contributed by atoms with Gasteiger partial charge in [-0.2, -0.15) is 0 Å². The maximum atomic E-state index is 12.5. The molecule has 0 radical (unpaired) electrons. The summed E-state index contributed by atoms with van der Waals surface area (Å²) in [4.78, 5) is 28.6. The van der Waals surface area contributed by atoms with Gasteiger partial charge in [0.15, 0.2) is 0 Å². The molecule has 0 atom stereocenters. The Morgan fingerprint density at radius 1 is 0.875 bits per heavy atom. The third-order valence-electron chi connectivity index (χ3n) is 4.68. The molecule has 2 aromatic rings. The van der Waals surface area contributed by atoms with Crippen molar-refractivity contribution in [3.8, 4) is 0 Å². The number of amides is 2. The molecule has 0 unspecified atom stereocenters. The fraction of sp³-hybridized carbons (Fsp3) is 0.263. The van der Waals surface area contributed by atoms with Crippen LogP contribution in [0.4, 0.5) is 5.69 Å². The summed E-state index contributed by atoms with van der Waals surface area (Å²) in [5, 5.41) is 3.40. The SMILES string of the molecule is O=C1c2ccccc2C(=O)N1CCN1CCNCc2ccccc21.